The van der Waals surface area contributed by atoms with Crippen LogP contribution in [0, 0.1) is 10.6 Å². The Hall–Kier alpha value is -0.750. The molecular formula is C9H13F2N2O14P3S. The van der Waals surface area contributed by atoms with E-state index in [0.29, 0.717) is 10.8 Å². The number of nitrogens with one attached hydrogen (secondary N) is 1. The highest BCUT2D eigenvalue weighted by Gasteiger charge is 2.57. The Labute approximate surface area is 174 Å². The number of H-pyrrole nitrogens is 1. The monoisotopic (exact) mass is 536 g/mol. The molecular weight excluding hydrogens is 523 g/mol. The summed E-state index contributed by atoms with van der Waals surface area (Å²) in [6.07, 6.45) is -6.31. The number of aliphatic hydroxyl groups is 2. The van der Waals surface area contributed by atoms with E-state index >= 15 is 0 Å². The van der Waals surface area contributed by atoms with Gasteiger partial charge >= 0.3 is 23.5 Å². The smallest absolute Gasteiger partial charge is 0.385 e. The number of ether oxygens (including phenoxy) is 1. The molecule has 1 fully saturated rings. The van der Waals surface area contributed by atoms with E-state index in [0.717, 1.165) is 0 Å². The van der Waals surface area contributed by atoms with Gasteiger partial charge in [-0.05, 0) is 12.2 Å². The summed E-state index contributed by atoms with van der Waals surface area (Å²) in [7, 11) is -17.3. The molecule has 1 aliphatic heterocycles. The van der Waals surface area contributed by atoms with Crippen LogP contribution in [0.2, 0.25) is 0 Å². The lowest BCUT2D eigenvalue weighted by Gasteiger charge is -2.24. The largest absolute Gasteiger partial charge is 0.490 e. The molecule has 0 aromatic carbocycles. The average molecular weight is 536 g/mol. The number of alkyl halides is 1. The van der Waals surface area contributed by atoms with Crippen LogP contribution in [0.25, 0.3) is 0 Å². The second-order valence-corrected chi connectivity index (χ2v) is 10.5. The number of aromatic amines is 1. The fourth-order valence-corrected chi connectivity index (χ4v) is 5.50. The Kier molecular flexibility index (Phi) is 7.60. The molecule has 0 aliphatic carbocycles. The van der Waals surface area contributed by atoms with E-state index in [1.807, 2.05) is 4.98 Å². The quantitative estimate of drug-likeness (QED) is 0.160. The first-order chi connectivity index (χ1) is 13.9. The SMILES string of the molecule is O=c1[nH]c(=S)n([C@@H]2O[C@](F)(COP(=O)(O)OP(=O)(O)OP(=O)(O)O)[C@@H](O)[C@H]2O)cc1F. The van der Waals surface area contributed by atoms with Gasteiger partial charge in [0.2, 0.25) is 5.82 Å². The molecule has 0 bridgehead atoms. The Morgan fingerprint density at radius 3 is 2.32 bits per heavy atom. The van der Waals surface area contributed by atoms with Crippen LogP contribution < -0.4 is 5.56 Å². The van der Waals surface area contributed by atoms with E-state index < -0.39 is 70.5 Å². The number of aliphatic hydroxyl groups excluding tert-OH is 2. The Bertz CT molecular complexity index is 1110. The number of phosphoric ester groups is 1. The standard InChI is InChI=1S/C9H13F2N2O14P3S/c10-3-1-13(8(31)12-6(3)16)7-4(14)5(15)9(11,25-7)2-24-29(20,21)27-30(22,23)26-28(17,18)19/h1,4-5,7,14-15H,2H2,(H,20,21)(H,22,23)(H,12,16,31)(H2,17,18,19)/t4-,5+,7-,9-/m1/s1. The van der Waals surface area contributed by atoms with Crippen molar-refractivity contribution in [2.75, 3.05) is 6.61 Å². The average Bonchev–Trinajstić information content (AvgIpc) is 2.78. The molecule has 1 aromatic rings. The highest BCUT2D eigenvalue weighted by Crippen LogP contribution is 2.66. The zero-order valence-corrected chi connectivity index (χ0v) is 17.9. The van der Waals surface area contributed by atoms with E-state index in [1.165, 1.54) is 0 Å². The second kappa shape index (κ2) is 8.89. The molecule has 0 saturated carbocycles. The maximum atomic E-state index is 14.9. The van der Waals surface area contributed by atoms with Crippen molar-refractivity contribution in [1.82, 2.24) is 9.55 Å². The van der Waals surface area contributed by atoms with Crippen molar-refractivity contribution in [2.24, 2.45) is 0 Å². The van der Waals surface area contributed by atoms with Gasteiger partial charge in [0.05, 0.1) is 6.20 Å². The van der Waals surface area contributed by atoms with Crippen molar-refractivity contribution >= 4 is 35.7 Å². The normalized spacial score (nSPS) is 30.6. The number of halogens is 2. The molecule has 1 saturated heterocycles. The Morgan fingerprint density at radius 1 is 1.19 bits per heavy atom. The van der Waals surface area contributed by atoms with Crippen LogP contribution in [0.1, 0.15) is 6.23 Å². The molecule has 0 spiro atoms. The van der Waals surface area contributed by atoms with Crippen LogP contribution in [0.15, 0.2) is 11.0 Å². The molecule has 16 nitrogen and oxygen atoms in total. The van der Waals surface area contributed by atoms with E-state index in [1.54, 1.807) is 0 Å². The van der Waals surface area contributed by atoms with Gasteiger partial charge in [-0.15, -0.1) is 0 Å². The summed E-state index contributed by atoms with van der Waals surface area (Å²) < 4.78 is 77.3. The first-order valence-corrected chi connectivity index (χ1v) is 12.3. The molecule has 2 heterocycles. The van der Waals surface area contributed by atoms with Gasteiger partial charge in [0.15, 0.2) is 11.0 Å². The predicted molar refractivity (Wildman–Crippen MR) is 91.6 cm³/mol. The number of phosphoric acid groups is 3. The summed E-state index contributed by atoms with van der Waals surface area (Å²) >= 11 is 4.70. The summed E-state index contributed by atoms with van der Waals surface area (Å²) in [5.41, 5.74) is -1.26. The molecule has 0 radical (unpaired) electrons. The van der Waals surface area contributed by atoms with E-state index in [9.17, 15) is 42.4 Å². The van der Waals surface area contributed by atoms with Gasteiger partial charge < -0.3 is 34.5 Å². The van der Waals surface area contributed by atoms with E-state index in [4.69, 9.17) is 26.9 Å². The highest BCUT2D eigenvalue weighted by molar-refractivity contribution is 7.71. The minimum absolute atomic E-state index is 0.413. The van der Waals surface area contributed by atoms with Crippen molar-refractivity contribution in [3.05, 3.63) is 27.1 Å². The molecule has 7 N–H and O–H groups in total. The third-order valence-corrected chi connectivity index (χ3v) is 7.51. The topological polar surface area (TPSA) is 247 Å². The number of hydrogen-bond acceptors (Lipinski definition) is 11. The van der Waals surface area contributed by atoms with Crippen LogP contribution in [0.4, 0.5) is 8.78 Å². The van der Waals surface area contributed by atoms with E-state index in [2.05, 4.69) is 17.9 Å². The predicted octanol–water partition coefficient (Wildman–Crippen LogP) is -0.695. The second-order valence-electron chi connectivity index (χ2n) is 5.74. The Morgan fingerprint density at radius 2 is 1.77 bits per heavy atom. The Balaban J connectivity index is 2.18. The minimum Gasteiger partial charge on any atom is -0.385 e. The van der Waals surface area contributed by atoms with Crippen molar-refractivity contribution in [3.8, 4) is 0 Å². The van der Waals surface area contributed by atoms with Crippen molar-refractivity contribution in [3.63, 3.8) is 0 Å². The number of nitrogens with zero attached hydrogens (tertiary/aromatic N) is 1. The van der Waals surface area contributed by atoms with Crippen LogP contribution in [0.3, 0.4) is 0 Å². The molecule has 0 amide bonds. The van der Waals surface area contributed by atoms with Crippen molar-refractivity contribution in [2.45, 2.75) is 24.3 Å². The molecule has 178 valence electrons. The summed E-state index contributed by atoms with van der Waals surface area (Å²) in [6, 6.07) is 0. The van der Waals surface area contributed by atoms with Crippen LogP contribution >= 0.6 is 35.7 Å². The lowest BCUT2D eigenvalue weighted by molar-refractivity contribution is -0.204. The van der Waals surface area contributed by atoms with Gasteiger partial charge in [0.1, 0.15) is 18.8 Å². The van der Waals surface area contributed by atoms with Gasteiger partial charge in [0.25, 0.3) is 11.4 Å². The van der Waals surface area contributed by atoms with Gasteiger partial charge in [-0.25, -0.2) is 18.1 Å². The lowest BCUT2D eigenvalue weighted by Crippen LogP contribution is -2.42. The van der Waals surface area contributed by atoms with Gasteiger partial charge in [-0.2, -0.15) is 13.0 Å². The molecule has 22 heteroatoms. The minimum atomic E-state index is -5.89. The van der Waals surface area contributed by atoms with Crippen molar-refractivity contribution in [1.29, 1.82) is 0 Å². The maximum absolute atomic E-state index is 14.9. The first-order valence-electron chi connectivity index (χ1n) is 7.38. The number of rotatable bonds is 8. The fraction of sp³-hybridized carbons (Fsp3) is 0.556. The first kappa shape index (κ1) is 26.5. The third-order valence-electron chi connectivity index (χ3n) is 3.41. The summed E-state index contributed by atoms with van der Waals surface area (Å²) in [6.45, 7) is -1.77. The zero-order valence-electron chi connectivity index (χ0n) is 14.4. The van der Waals surface area contributed by atoms with Crippen molar-refractivity contribution < 1.29 is 70.1 Å². The lowest BCUT2D eigenvalue weighted by atomic mass is 10.1. The van der Waals surface area contributed by atoms with Gasteiger partial charge in [-0.3, -0.25) is 18.9 Å². The van der Waals surface area contributed by atoms with Crippen LogP contribution in [-0.4, -0.2) is 64.0 Å². The van der Waals surface area contributed by atoms with Crippen LogP contribution in [-0.2, 0) is 31.6 Å². The number of hydrogen-bond donors (Lipinski definition) is 7. The van der Waals surface area contributed by atoms with Gasteiger partial charge in [-0.1, -0.05) is 0 Å². The van der Waals surface area contributed by atoms with E-state index in [-0.39, 0.29) is 0 Å². The zero-order chi connectivity index (χ0) is 24.0. The summed E-state index contributed by atoms with van der Waals surface area (Å²) in [5, 5.41) is 19.8. The molecule has 31 heavy (non-hydrogen) atoms. The molecule has 2 rings (SSSR count). The van der Waals surface area contributed by atoms with Crippen LogP contribution in [0.5, 0.6) is 0 Å². The highest BCUT2D eigenvalue weighted by atomic mass is 32.1. The maximum Gasteiger partial charge on any atom is 0.490 e. The molecule has 6 atom stereocenters. The fourth-order valence-electron chi connectivity index (χ4n) is 2.21. The summed E-state index contributed by atoms with van der Waals surface area (Å²) in [4.78, 5) is 48.2. The molecule has 2 unspecified atom stereocenters. The number of aromatic nitrogens is 2. The summed E-state index contributed by atoms with van der Waals surface area (Å²) in [5.74, 6) is -4.96. The molecule has 1 aromatic heterocycles. The third kappa shape index (κ3) is 6.63. The molecule has 1 aliphatic rings. The van der Waals surface area contributed by atoms with Gasteiger partial charge in [0, 0.05) is 0 Å².